The van der Waals surface area contributed by atoms with Crippen LogP contribution >= 0.6 is 22.9 Å². The molecule has 1 saturated heterocycles. The van der Waals surface area contributed by atoms with Crippen LogP contribution in [0.1, 0.15) is 81.7 Å². The highest BCUT2D eigenvalue weighted by atomic mass is 35.5. The average Bonchev–Trinajstić information content (AvgIpc) is 3.55. The Morgan fingerprint density at radius 3 is 2.37 bits per heavy atom. The minimum Gasteiger partial charge on any atom is -0.479 e. The van der Waals surface area contributed by atoms with E-state index in [1.54, 1.807) is 11.3 Å². The lowest BCUT2D eigenvalue weighted by atomic mass is 9.86. The van der Waals surface area contributed by atoms with Crippen LogP contribution in [0.4, 0.5) is 0 Å². The topological polar surface area (TPSA) is 80.5 Å². The zero-order valence-electron chi connectivity index (χ0n) is 27.1. The quantitative estimate of drug-likeness (QED) is 0.188. The molecule has 9 heteroatoms. The van der Waals surface area contributed by atoms with E-state index in [0.29, 0.717) is 16.5 Å². The zero-order chi connectivity index (χ0) is 32.3. The Morgan fingerprint density at radius 2 is 1.74 bits per heavy atom. The summed E-state index contributed by atoms with van der Waals surface area (Å²) in [4.78, 5) is 20.5. The van der Waals surface area contributed by atoms with Crippen molar-refractivity contribution in [3.8, 4) is 21.7 Å². The first-order valence-corrected chi connectivity index (χ1v) is 17.5. The summed E-state index contributed by atoms with van der Waals surface area (Å²) in [6.07, 6.45) is 5.21. The lowest BCUT2D eigenvalue weighted by Crippen LogP contribution is -2.44. The second-order valence-corrected chi connectivity index (χ2v) is 15.4. The summed E-state index contributed by atoms with van der Waals surface area (Å²) in [6.45, 7) is 9.88. The number of thiazole rings is 1. The van der Waals surface area contributed by atoms with Crippen LogP contribution in [-0.2, 0) is 16.6 Å². The van der Waals surface area contributed by atoms with Crippen molar-refractivity contribution in [2.45, 2.75) is 83.5 Å². The monoisotopic (exact) mass is 656 g/mol. The summed E-state index contributed by atoms with van der Waals surface area (Å²) < 4.78 is 9.13. The van der Waals surface area contributed by atoms with Crippen molar-refractivity contribution in [2.75, 3.05) is 13.1 Å². The van der Waals surface area contributed by atoms with Crippen LogP contribution in [0.5, 0.6) is 0 Å². The number of fused-ring (bicyclic) bond motifs is 2. The molecule has 2 aromatic heterocycles. The molecule has 0 spiro atoms. The van der Waals surface area contributed by atoms with Gasteiger partial charge >= 0.3 is 5.97 Å². The number of ether oxygens (including phenoxy) is 1. The predicted octanol–water partition coefficient (Wildman–Crippen LogP) is 9.15. The number of rotatable bonds is 7. The Kier molecular flexibility index (Phi) is 8.20. The van der Waals surface area contributed by atoms with Gasteiger partial charge in [0.25, 0.3) is 0 Å². The number of piperidine rings is 1. The molecular formula is C37H41ClN4O3S. The van der Waals surface area contributed by atoms with Crippen LogP contribution in [-0.4, -0.2) is 55.5 Å². The molecule has 7 rings (SSSR count). The second kappa shape index (κ2) is 12.1. The van der Waals surface area contributed by atoms with Crippen molar-refractivity contribution in [3.63, 3.8) is 0 Å². The van der Waals surface area contributed by atoms with E-state index in [4.69, 9.17) is 26.4 Å². The summed E-state index contributed by atoms with van der Waals surface area (Å²) in [7, 11) is 2.04. The third-order valence-corrected chi connectivity index (χ3v) is 11.0. The van der Waals surface area contributed by atoms with Crippen molar-refractivity contribution in [2.24, 2.45) is 7.05 Å². The number of likely N-dealkylation sites (tertiary alicyclic amines) is 1. The highest BCUT2D eigenvalue weighted by Gasteiger charge is 2.33. The van der Waals surface area contributed by atoms with Gasteiger partial charge in [-0.25, -0.2) is 9.78 Å². The highest BCUT2D eigenvalue weighted by molar-refractivity contribution is 7.22. The first kappa shape index (κ1) is 31.3. The standard InChI is InChI=1S/C37H41ClN4O3S/c1-21-19-28-34(31(22-9-12-25(38)13-10-22)30(21)33(36(43)44)45-37(2,3)4)46-35(39-28)24-11-14-29-27(20-24)32(40-41(29)5)23-15-17-42(18-16-23)26-7-6-8-26/h9-14,19-20,23,26,33H,6-8,15-18H2,1-5H3,(H,43,44). The van der Waals surface area contributed by atoms with E-state index in [0.717, 1.165) is 75.0 Å². The largest absolute Gasteiger partial charge is 0.479 e. The van der Waals surface area contributed by atoms with Gasteiger partial charge in [-0.15, -0.1) is 11.3 Å². The first-order valence-electron chi connectivity index (χ1n) is 16.3. The lowest BCUT2D eigenvalue weighted by Gasteiger charge is -2.41. The van der Waals surface area contributed by atoms with E-state index in [1.165, 1.54) is 30.3 Å². The zero-order valence-corrected chi connectivity index (χ0v) is 28.7. The Hall–Kier alpha value is -3.30. The van der Waals surface area contributed by atoms with E-state index in [2.05, 4.69) is 23.1 Å². The van der Waals surface area contributed by atoms with Crippen molar-refractivity contribution in [1.82, 2.24) is 19.7 Å². The Bertz CT molecular complexity index is 1930. The fourth-order valence-corrected chi connectivity index (χ4v) is 8.43. The molecule has 240 valence electrons. The molecule has 0 radical (unpaired) electrons. The summed E-state index contributed by atoms with van der Waals surface area (Å²) in [5.74, 6) is -0.575. The van der Waals surface area contributed by atoms with E-state index in [-0.39, 0.29) is 0 Å². The third kappa shape index (κ3) is 5.85. The number of aryl methyl sites for hydroxylation is 2. The molecule has 1 aliphatic heterocycles. The molecular weight excluding hydrogens is 616 g/mol. The third-order valence-electron chi connectivity index (χ3n) is 9.65. The molecule has 3 aromatic carbocycles. The van der Waals surface area contributed by atoms with Gasteiger partial charge in [-0.1, -0.05) is 30.2 Å². The van der Waals surface area contributed by atoms with Crippen molar-refractivity contribution >= 4 is 50.0 Å². The van der Waals surface area contributed by atoms with Gasteiger partial charge in [0.15, 0.2) is 6.10 Å². The molecule has 3 heterocycles. The molecule has 1 N–H and O–H groups in total. The molecule has 5 aromatic rings. The molecule has 1 unspecified atom stereocenters. The predicted molar refractivity (Wildman–Crippen MR) is 187 cm³/mol. The lowest BCUT2D eigenvalue weighted by molar-refractivity contribution is -0.160. The number of benzene rings is 3. The normalized spacial score (nSPS) is 17.5. The maximum atomic E-state index is 12.7. The van der Waals surface area contributed by atoms with Crippen LogP contribution < -0.4 is 0 Å². The number of aromatic nitrogens is 3. The summed E-state index contributed by atoms with van der Waals surface area (Å²) in [5, 5.41) is 18.2. The van der Waals surface area contributed by atoms with E-state index in [1.807, 2.05) is 69.8 Å². The number of carboxylic acid groups (broad SMARTS) is 1. The van der Waals surface area contributed by atoms with Gasteiger partial charge in [-0.05, 0) is 114 Å². The molecule has 1 atom stereocenters. The summed E-state index contributed by atoms with van der Waals surface area (Å²) in [6, 6.07) is 16.9. The molecule has 1 aliphatic carbocycles. The molecule has 2 aliphatic rings. The van der Waals surface area contributed by atoms with Gasteiger partial charge in [0.2, 0.25) is 0 Å². The number of carbonyl (C=O) groups is 1. The van der Waals surface area contributed by atoms with E-state index >= 15 is 0 Å². The van der Waals surface area contributed by atoms with E-state index in [9.17, 15) is 9.90 Å². The highest BCUT2D eigenvalue weighted by Crippen LogP contribution is 2.45. The smallest absolute Gasteiger partial charge is 0.337 e. The molecule has 1 saturated carbocycles. The number of aliphatic carboxylic acids is 1. The van der Waals surface area contributed by atoms with Gasteiger partial charge in [0, 0.05) is 46.1 Å². The number of nitrogens with zero attached hydrogens (tertiary/aromatic N) is 4. The molecule has 7 nitrogen and oxygen atoms in total. The number of halogens is 1. The minimum atomic E-state index is -1.15. The Balaban J connectivity index is 1.33. The number of carboxylic acids is 1. The Morgan fingerprint density at radius 1 is 1.04 bits per heavy atom. The Labute approximate surface area is 279 Å². The maximum Gasteiger partial charge on any atom is 0.337 e. The number of hydrogen-bond acceptors (Lipinski definition) is 6. The second-order valence-electron chi connectivity index (χ2n) is 13.9. The number of hydrogen-bond donors (Lipinski definition) is 1. The summed E-state index contributed by atoms with van der Waals surface area (Å²) in [5.41, 5.74) is 6.71. The fraction of sp³-hybridized carbons (Fsp3) is 0.432. The van der Waals surface area contributed by atoms with Crippen molar-refractivity contribution in [1.29, 1.82) is 0 Å². The van der Waals surface area contributed by atoms with Crippen molar-refractivity contribution < 1.29 is 14.6 Å². The molecule has 2 fully saturated rings. The van der Waals surface area contributed by atoms with Gasteiger partial charge in [0.05, 0.1) is 27.0 Å². The van der Waals surface area contributed by atoms with Gasteiger partial charge in [-0.2, -0.15) is 5.10 Å². The summed E-state index contributed by atoms with van der Waals surface area (Å²) >= 11 is 7.87. The van der Waals surface area contributed by atoms with Crippen LogP contribution in [0, 0.1) is 6.92 Å². The SMILES string of the molecule is Cc1cc2nc(-c3ccc4c(c3)c(C3CCN(C5CCC5)CC3)nn4C)sc2c(-c2ccc(Cl)cc2)c1C(OC(C)(C)C)C(=O)O. The molecule has 0 bridgehead atoms. The van der Waals surface area contributed by atoms with Crippen molar-refractivity contribution in [3.05, 3.63) is 70.4 Å². The van der Waals surface area contributed by atoms with Crippen LogP contribution in [0.15, 0.2) is 48.5 Å². The first-order chi connectivity index (χ1) is 22.0. The van der Waals surface area contributed by atoms with Gasteiger partial charge < -0.3 is 14.7 Å². The van der Waals surface area contributed by atoms with Crippen LogP contribution in [0.3, 0.4) is 0 Å². The maximum absolute atomic E-state index is 12.7. The van der Waals surface area contributed by atoms with Crippen LogP contribution in [0.2, 0.25) is 5.02 Å². The van der Waals surface area contributed by atoms with E-state index < -0.39 is 17.7 Å². The molecule has 0 amide bonds. The minimum absolute atomic E-state index is 0.447. The average molecular weight is 657 g/mol. The molecule has 46 heavy (non-hydrogen) atoms. The fourth-order valence-electron chi connectivity index (χ4n) is 7.18. The van der Waals surface area contributed by atoms with Gasteiger partial charge in [-0.3, -0.25) is 4.68 Å². The van der Waals surface area contributed by atoms with Crippen LogP contribution in [0.25, 0.3) is 42.8 Å². The van der Waals surface area contributed by atoms with Gasteiger partial charge in [0.1, 0.15) is 5.01 Å².